The van der Waals surface area contributed by atoms with Gasteiger partial charge in [0.25, 0.3) is 0 Å². The molecule has 0 aliphatic carbocycles. The van der Waals surface area contributed by atoms with Gasteiger partial charge in [0.1, 0.15) is 0 Å². The largest absolute Gasteiger partial charge is 0.358 e. The van der Waals surface area contributed by atoms with Crippen molar-refractivity contribution in [3.63, 3.8) is 0 Å². The third kappa shape index (κ3) is 3.76. The Labute approximate surface area is 55.2 Å². The molecule has 0 aliphatic rings. The Hall–Kier alpha value is -0.790. The fraction of sp³-hybridized carbons (Fsp3) is 0.571. The smallest absolute Gasteiger partial charge is 0.247 e. The van der Waals surface area contributed by atoms with Crippen molar-refractivity contribution in [1.29, 1.82) is 0 Å². The Morgan fingerprint density at radius 3 is 2.22 bits per heavy atom. The van der Waals surface area contributed by atoms with Crippen LogP contribution in [0.2, 0.25) is 0 Å². The van der Waals surface area contributed by atoms with E-state index in [2.05, 4.69) is 6.58 Å². The number of carbonyl (C=O) groups is 1. The average molecular weight is 127 g/mol. The first-order chi connectivity index (χ1) is 4.04. The molecule has 0 aliphatic heterocycles. The Kier molecular flexibility index (Phi) is 2.99. The summed E-state index contributed by atoms with van der Waals surface area (Å²) >= 11 is 0. The zero-order valence-electron chi connectivity index (χ0n) is 5.81. The molecule has 0 aromatic heterocycles. The first kappa shape index (κ1) is 8.21. The van der Waals surface area contributed by atoms with E-state index >= 15 is 0 Å². The van der Waals surface area contributed by atoms with Crippen molar-refractivity contribution in [3.8, 4) is 0 Å². The molecule has 1 atom stereocenters. The van der Waals surface area contributed by atoms with Crippen LogP contribution in [-0.4, -0.2) is 5.97 Å². The van der Waals surface area contributed by atoms with Crippen molar-refractivity contribution in [2.75, 3.05) is 0 Å². The second-order valence-corrected chi connectivity index (χ2v) is 2.38. The highest BCUT2D eigenvalue weighted by atomic mass is 16.4. The predicted molar refractivity (Wildman–Crippen MR) is 34.3 cm³/mol. The van der Waals surface area contributed by atoms with Crippen molar-refractivity contribution in [1.82, 2.24) is 0 Å². The van der Waals surface area contributed by atoms with Gasteiger partial charge in [0, 0.05) is 0 Å². The minimum absolute atomic E-state index is 0.400. The summed E-state index contributed by atoms with van der Waals surface area (Å²) in [5.41, 5.74) is 0.881. The summed E-state index contributed by atoms with van der Waals surface area (Å²) in [4.78, 5) is 10.1. The van der Waals surface area contributed by atoms with Gasteiger partial charge >= 0.3 is 5.97 Å². The van der Waals surface area contributed by atoms with E-state index in [4.69, 9.17) is 0 Å². The molecule has 51 valence electrons. The zero-order valence-corrected chi connectivity index (χ0v) is 5.81. The molecule has 0 fully saturated rings. The molecule has 0 bridgehead atoms. The molecular weight excluding hydrogens is 116 g/mol. The molecule has 0 aromatic carbocycles. The fourth-order valence-corrected chi connectivity index (χ4v) is 0.606. The van der Waals surface area contributed by atoms with Gasteiger partial charge in [-0.25, -0.2) is 9.90 Å². The highest BCUT2D eigenvalue weighted by Gasteiger charge is 2.11. The maximum Gasteiger partial charge on any atom is 0.358 e. The Morgan fingerprint density at radius 1 is 1.67 bits per heavy atom. The van der Waals surface area contributed by atoms with Crippen LogP contribution in [0, 0.1) is 5.92 Å². The van der Waals surface area contributed by atoms with Gasteiger partial charge in [-0.15, -0.1) is 6.58 Å². The van der Waals surface area contributed by atoms with E-state index in [1.807, 2.05) is 0 Å². The van der Waals surface area contributed by atoms with Gasteiger partial charge in [-0.3, -0.25) is 0 Å². The van der Waals surface area contributed by atoms with E-state index in [1.54, 1.807) is 13.8 Å². The summed E-state index contributed by atoms with van der Waals surface area (Å²) in [5, 5.41) is 10.1. The van der Waals surface area contributed by atoms with Gasteiger partial charge in [0.05, 0.1) is 5.92 Å². The van der Waals surface area contributed by atoms with Crippen LogP contribution in [0.3, 0.4) is 0 Å². The lowest BCUT2D eigenvalue weighted by atomic mass is 10.0. The standard InChI is InChI=1S/C7H11O2/c1-5(2)4-6(3)7(8)9/h6H,1,4H2,2-3H3. The summed E-state index contributed by atoms with van der Waals surface area (Å²) < 4.78 is 0. The van der Waals surface area contributed by atoms with Crippen LogP contribution in [0.15, 0.2) is 12.2 Å². The fourth-order valence-electron chi connectivity index (χ4n) is 0.606. The average Bonchev–Trinajstić information content (AvgIpc) is 1.63. The Morgan fingerprint density at radius 2 is 2.11 bits per heavy atom. The lowest BCUT2D eigenvalue weighted by Crippen LogP contribution is -2.07. The molecule has 0 amide bonds. The molecule has 1 radical (unpaired) electrons. The summed E-state index contributed by atoms with van der Waals surface area (Å²) in [6.45, 7) is 7.01. The highest BCUT2D eigenvalue weighted by Crippen LogP contribution is 2.08. The van der Waals surface area contributed by atoms with Crippen LogP contribution < -0.4 is 0 Å². The summed E-state index contributed by atoms with van der Waals surface area (Å²) in [6, 6.07) is 0. The van der Waals surface area contributed by atoms with Gasteiger partial charge < -0.3 is 0 Å². The second kappa shape index (κ2) is 3.28. The lowest BCUT2D eigenvalue weighted by molar-refractivity contribution is -0.147. The van der Waals surface area contributed by atoms with Crippen molar-refractivity contribution in [2.45, 2.75) is 20.3 Å². The quantitative estimate of drug-likeness (QED) is 0.530. The van der Waals surface area contributed by atoms with Crippen LogP contribution in [-0.2, 0) is 9.90 Å². The molecule has 0 N–H and O–H groups in total. The number of rotatable bonds is 3. The highest BCUT2D eigenvalue weighted by molar-refractivity contribution is 5.69. The maximum absolute atomic E-state index is 10.1. The molecule has 2 nitrogen and oxygen atoms in total. The van der Waals surface area contributed by atoms with E-state index in [0.29, 0.717) is 6.42 Å². The minimum atomic E-state index is -1.00. The molecule has 0 saturated heterocycles. The van der Waals surface area contributed by atoms with Crippen molar-refractivity contribution in [3.05, 3.63) is 12.2 Å². The van der Waals surface area contributed by atoms with Crippen molar-refractivity contribution < 1.29 is 9.90 Å². The van der Waals surface area contributed by atoms with E-state index < -0.39 is 11.9 Å². The molecule has 0 rings (SSSR count). The second-order valence-electron chi connectivity index (χ2n) is 2.38. The topological polar surface area (TPSA) is 37.0 Å². The van der Waals surface area contributed by atoms with E-state index in [0.717, 1.165) is 5.57 Å². The third-order valence-electron chi connectivity index (χ3n) is 1.06. The lowest BCUT2D eigenvalue weighted by Gasteiger charge is -2.00. The summed E-state index contributed by atoms with van der Waals surface area (Å²) in [5.74, 6) is -1.40. The van der Waals surface area contributed by atoms with Crippen LogP contribution in [0.25, 0.3) is 0 Å². The molecule has 0 spiro atoms. The van der Waals surface area contributed by atoms with Gasteiger partial charge in [-0.1, -0.05) is 12.5 Å². The monoisotopic (exact) mass is 127 g/mol. The number of carbonyl (C=O) groups excluding carboxylic acids is 1. The molecule has 2 heteroatoms. The number of allylic oxidation sites excluding steroid dienone is 1. The van der Waals surface area contributed by atoms with E-state index in [1.165, 1.54) is 0 Å². The van der Waals surface area contributed by atoms with Crippen LogP contribution >= 0.6 is 0 Å². The Bertz CT molecular complexity index is 127. The molecule has 0 heterocycles. The first-order valence-corrected chi connectivity index (χ1v) is 2.89. The van der Waals surface area contributed by atoms with Gasteiger partial charge in [0.15, 0.2) is 0 Å². The van der Waals surface area contributed by atoms with Crippen LogP contribution in [0.5, 0.6) is 0 Å². The summed E-state index contributed by atoms with van der Waals surface area (Å²) in [7, 11) is 0. The van der Waals surface area contributed by atoms with Gasteiger partial charge in [-0.2, -0.15) is 0 Å². The molecule has 1 unspecified atom stereocenters. The minimum Gasteiger partial charge on any atom is -0.247 e. The van der Waals surface area contributed by atoms with Gasteiger partial charge in [0.2, 0.25) is 0 Å². The molecular formula is C7H11O2. The summed E-state index contributed by atoms with van der Waals surface area (Å²) in [6.07, 6.45) is 0.516. The third-order valence-corrected chi connectivity index (χ3v) is 1.06. The van der Waals surface area contributed by atoms with Crippen molar-refractivity contribution in [2.24, 2.45) is 5.92 Å². The zero-order chi connectivity index (χ0) is 7.44. The number of hydrogen-bond acceptors (Lipinski definition) is 1. The molecule has 0 aromatic rings. The Balaban J connectivity index is 3.63. The number of hydrogen-bond donors (Lipinski definition) is 0. The van der Waals surface area contributed by atoms with E-state index in [-0.39, 0.29) is 0 Å². The molecule has 9 heavy (non-hydrogen) atoms. The van der Waals surface area contributed by atoms with Gasteiger partial charge in [-0.05, 0) is 13.3 Å². The predicted octanol–water partition coefficient (Wildman–Crippen LogP) is 1.55. The normalized spacial score (nSPS) is 12.7. The van der Waals surface area contributed by atoms with E-state index in [9.17, 15) is 9.90 Å². The van der Waals surface area contributed by atoms with Crippen LogP contribution in [0.4, 0.5) is 0 Å². The maximum atomic E-state index is 10.1. The SMILES string of the molecule is C=C(C)CC(C)C([O])=O. The van der Waals surface area contributed by atoms with Crippen molar-refractivity contribution >= 4 is 5.97 Å². The first-order valence-electron chi connectivity index (χ1n) is 2.89. The van der Waals surface area contributed by atoms with Crippen LogP contribution in [0.1, 0.15) is 20.3 Å². The molecule has 0 saturated carbocycles.